The Morgan fingerprint density at radius 1 is 1.14 bits per heavy atom. The van der Waals surface area contributed by atoms with Gasteiger partial charge in [0.2, 0.25) is 0 Å². The van der Waals surface area contributed by atoms with Gasteiger partial charge in [-0.15, -0.1) is 0 Å². The third-order valence-corrected chi connectivity index (χ3v) is 4.38. The predicted molar refractivity (Wildman–Crippen MR) is 118 cm³/mol. The summed E-state index contributed by atoms with van der Waals surface area (Å²) >= 11 is 4.74. The van der Waals surface area contributed by atoms with E-state index >= 15 is 0 Å². The second-order valence-corrected chi connectivity index (χ2v) is 6.90. The van der Waals surface area contributed by atoms with Gasteiger partial charge in [-0.3, -0.25) is 15.1 Å². The summed E-state index contributed by atoms with van der Waals surface area (Å²) in [6.45, 7) is 5.69. The molecule has 6 nitrogen and oxygen atoms in total. The molecule has 0 fully saturated rings. The summed E-state index contributed by atoms with van der Waals surface area (Å²) in [5, 5.41) is 4.21. The van der Waals surface area contributed by atoms with E-state index in [1.807, 2.05) is 69.3 Å². The van der Waals surface area contributed by atoms with E-state index in [0.717, 1.165) is 22.5 Å². The number of nitrogens with two attached hydrogens (primary N) is 1. The van der Waals surface area contributed by atoms with Gasteiger partial charge in [0.1, 0.15) is 11.5 Å². The number of hydrogen-bond acceptors (Lipinski definition) is 4. The fourth-order valence-corrected chi connectivity index (χ4v) is 2.85. The van der Waals surface area contributed by atoms with E-state index in [-0.39, 0.29) is 11.0 Å². The molecule has 0 aliphatic carbocycles. The summed E-state index contributed by atoms with van der Waals surface area (Å²) in [5.74, 6) is 0.489. The average molecular weight is 392 g/mol. The third-order valence-electron chi connectivity index (χ3n) is 4.29. The maximum atomic E-state index is 12.9. The number of aryl methyl sites for hydroxylation is 1. The van der Waals surface area contributed by atoms with Crippen molar-refractivity contribution in [2.24, 2.45) is 15.8 Å². The molecule has 0 spiro atoms. The maximum Gasteiger partial charge on any atom is 0.282 e. The van der Waals surface area contributed by atoms with Gasteiger partial charge in [-0.2, -0.15) is 5.10 Å². The standard InChI is InChI=1S/C21H21N5OS/c1-13-4-6-16(7-5-13)12-19-20(27)26(15(3)23-19)18-10-8-17(9-11-18)14(2)24-25-21(22)28/h4-12H,1-3H3,(H3,22,25,28)/b19-12+,24-14+. The van der Waals surface area contributed by atoms with Crippen LogP contribution in [0.25, 0.3) is 6.08 Å². The first-order valence-corrected chi connectivity index (χ1v) is 9.14. The molecule has 0 radical (unpaired) electrons. The van der Waals surface area contributed by atoms with Gasteiger partial charge in [0.05, 0.1) is 11.4 Å². The zero-order valence-electron chi connectivity index (χ0n) is 15.9. The molecule has 1 heterocycles. The minimum atomic E-state index is -0.147. The van der Waals surface area contributed by atoms with Crippen molar-refractivity contribution in [3.05, 3.63) is 70.9 Å². The number of amidine groups is 1. The van der Waals surface area contributed by atoms with Crippen molar-refractivity contribution in [1.82, 2.24) is 5.43 Å². The van der Waals surface area contributed by atoms with Crippen LogP contribution in [0.2, 0.25) is 0 Å². The van der Waals surface area contributed by atoms with Crippen LogP contribution in [0.15, 0.2) is 64.3 Å². The van der Waals surface area contributed by atoms with Crippen molar-refractivity contribution < 1.29 is 4.79 Å². The van der Waals surface area contributed by atoms with E-state index in [2.05, 4.69) is 15.5 Å². The van der Waals surface area contributed by atoms with Gasteiger partial charge < -0.3 is 5.73 Å². The molecule has 0 atom stereocenters. The van der Waals surface area contributed by atoms with Crippen molar-refractivity contribution in [2.45, 2.75) is 20.8 Å². The molecule has 3 N–H and O–H groups in total. The van der Waals surface area contributed by atoms with Crippen LogP contribution in [0.1, 0.15) is 30.5 Å². The molecular formula is C21H21N5OS. The number of thiocarbonyl (C=S) groups is 1. The largest absolute Gasteiger partial charge is 0.375 e. The molecule has 7 heteroatoms. The van der Waals surface area contributed by atoms with Crippen molar-refractivity contribution >= 4 is 46.5 Å². The van der Waals surface area contributed by atoms with Gasteiger partial charge in [0, 0.05) is 0 Å². The van der Waals surface area contributed by atoms with Gasteiger partial charge in [-0.25, -0.2) is 4.99 Å². The van der Waals surface area contributed by atoms with Crippen LogP contribution >= 0.6 is 12.2 Å². The summed E-state index contributed by atoms with van der Waals surface area (Å²) in [4.78, 5) is 18.9. The van der Waals surface area contributed by atoms with Crippen molar-refractivity contribution in [2.75, 3.05) is 4.90 Å². The van der Waals surface area contributed by atoms with Gasteiger partial charge in [-0.1, -0.05) is 42.0 Å². The van der Waals surface area contributed by atoms with E-state index in [4.69, 9.17) is 18.0 Å². The van der Waals surface area contributed by atoms with Crippen molar-refractivity contribution in [3.63, 3.8) is 0 Å². The van der Waals surface area contributed by atoms with Crippen LogP contribution < -0.4 is 16.1 Å². The Morgan fingerprint density at radius 2 is 1.79 bits per heavy atom. The Balaban J connectivity index is 1.82. The fraction of sp³-hybridized carbons (Fsp3) is 0.143. The van der Waals surface area contributed by atoms with Gasteiger partial charge in [0.25, 0.3) is 5.91 Å². The van der Waals surface area contributed by atoms with E-state index in [0.29, 0.717) is 11.5 Å². The molecule has 0 bridgehead atoms. The normalized spacial score (nSPS) is 15.8. The molecular weight excluding hydrogens is 370 g/mol. The molecule has 1 aliphatic rings. The third kappa shape index (κ3) is 4.32. The highest BCUT2D eigenvalue weighted by atomic mass is 32.1. The number of carbonyl (C=O) groups is 1. The molecule has 2 aromatic rings. The topological polar surface area (TPSA) is 83.1 Å². The molecule has 0 unspecified atom stereocenters. The van der Waals surface area contributed by atoms with E-state index in [1.54, 1.807) is 11.0 Å². The molecule has 2 aromatic carbocycles. The summed E-state index contributed by atoms with van der Waals surface area (Å²) in [6, 6.07) is 15.5. The van der Waals surface area contributed by atoms with E-state index in [9.17, 15) is 4.79 Å². The SMILES string of the molecule is CC1=N/C(=C/c2ccc(C)cc2)C(=O)N1c1ccc(/C(C)=N/NC(N)=S)cc1. The number of hydrogen-bond donors (Lipinski definition) is 2. The highest BCUT2D eigenvalue weighted by Crippen LogP contribution is 2.25. The quantitative estimate of drug-likeness (QED) is 0.362. The Hall–Kier alpha value is -3.32. The molecule has 142 valence electrons. The van der Waals surface area contributed by atoms with Gasteiger partial charge in [0.15, 0.2) is 5.11 Å². The first-order valence-electron chi connectivity index (χ1n) is 8.73. The minimum absolute atomic E-state index is 0.110. The zero-order chi connectivity index (χ0) is 20.3. The second kappa shape index (κ2) is 8.14. The summed E-state index contributed by atoms with van der Waals surface area (Å²) < 4.78 is 0. The number of carbonyl (C=O) groups excluding carboxylic acids is 1. The Morgan fingerprint density at radius 3 is 2.39 bits per heavy atom. The van der Waals surface area contributed by atoms with Crippen LogP contribution in [0.4, 0.5) is 5.69 Å². The second-order valence-electron chi connectivity index (χ2n) is 6.46. The highest BCUT2D eigenvalue weighted by Gasteiger charge is 2.28. The number of amides is 1. The predicted octanol–water partition coefficient (Wildman–Crippen LogP) is 3.36. The number of nitrogens with one attached hydrogen (secondary N) is 1. The van der Waals surface area contributed by atoms with Crippen molar-refractivity contribution in [3.8, 4) is 0 Å². The molecule has 0 saturated carbocycles. The first kappa shape index (κ1) is 19.4. The molecule has 3 rings (SSSR count). The maximum absolute atomic E-state index is 12.9. The lowest BCUT2D eigenvalue weighted by atomic mass is 10.1. The van der Waals surface area contributed by atoms with Crippen molar-refractivity contribution in [1.29, 1.82) is 0 Å². The lowest BCUT2D eigenvalue weighted by Crippen LogP contribution is -2.30. The lowest BCUT2D eigenvalue weighted by Gasteiger charge is -2.16. The van der Waals surface area contributed by atoms with Crippen LogP contribution in [0.5, 0.6) is 0 Å². The Kier molecular flexibility index (Phi) is 5.65. The summed E-state index contributed by atoms with van der Waals surface area (Å²) in [6.07, 6.45) is 1.80. The number of rotatable bonds is 4. The Labute approximate surface area is 169 Å². The van der Waals surface area contributed by atoms with E-state index in [1.165, 1.54) is 5.56 Å². The number of anilines is 1. The lowest BCUT2D eigenvalue weighted by molar-refractivity contribution is -0.113. The number of benzene rings is 2. The van der Waals surface area contributed by atoms with Crippen LogP contribution in [-0.2, 0) is 4.79 Å². The zero-order valence-corrected chi connectivity index (χ0v) is 16.7. The first-order chi connectivity index (χ1) is 13.3. The van der Waals surface area contributed by atoms with Crippen LogP contribution in [0.3, 0.4) is 0 Å². The number of aliphatic imine (C=N–C) groups is 1. The molecule has 0 saturated heterocycles. The molecule has 1 amide bonds. The van der Waals surface area contributed by atoms with Crippen LogP contribution in [-0.4, -0.2) is 22.6 Å². The Bertz CT molecular complexity index is 1000. The monoisotopic (exact) mass is 391 g/mol. The fourth-order valence-electron chi connectivity index (χ4n) is 2.81. The summed E-state index contributed by atoms with van der Waals surface area (Å²) in [7, 11) is 0. The molecule has 0 aromatic heterocycles. The number of hydrazone groups is 1. The van der Waals surface area contributed by atoms with Gasteiger partial charge in [-0.05, 0) is 62.3 Å². The van der Waals surface area contributed by atoms with E-state index < -0.39 is 0 Å². The summed E-state index contributed by atoms with van der Waals surface area (Å²) in [5.41, 5.74) is 12.9. The van der Waals surface area contributed by atoms with Gasteiger partial charge >= 0.3 is 0 Å². The highest BCUT2D eigenvalue weighted by molar-refractivity contribution is 7.80. The minimum Gasteiger partial charge on any atom is -0.375 e. The molecule has 28 heavy (non-hydrogen) atoms. The smallest absolute Gasteiger partial charge is 0.282 e. The molecule has 1 aliphatic heterocycles. The average Bonchev–Trinajstić information content (AvgIpc) is 2.95. The number of nitrogens with zero attached hydrogens (tertiary/aromatic N) is 3. The van der Waals surface area contributed by atoms with Crippen LogP contribution in [0, 0.1) is 6.92 Å².